The monoisotopic (exact) mass is 374 g/mol. The molecule has 136 valence electrons. The topological polar surface area (TPSA) is 81.4 Å². The molecule has 0 aliphatic heterocycles. The number of nitrogens with one attached hydrogen (secondary N) is 1. The molecule has 1 atom stereocenters. The second-order valence-corrected chi connectivity index (χ2v) is 6.91. The SMILES string of the molecule is CC(CNc1ccc(S(N)(=O)=O)c(C(F)(F)F)c1)Oc1ccccc1. The number of sulfonamides is 1. The van der Waals surface area contributed by atoms with Crippen LogP contribution in [0.3, 0.4) is 0 Å². The van der Waals surface area contributed by atoms with Crippen molar-refractivity contribution in [2.75, 3.05) is 11.9 Å². The van der Waals surface area contributed by atoms with Crippen molar-refractivity contribution in [2.45, 2.75) is 24.1 Å². The van der Waals surface area contributed by atoms with E-state index in [-0.39, 0.29) is 18.3 Å². The smallest absolute Gasteiger partial charge is 0.417 e. The molecule has 0 saturated carbocycles. The highest BCUT2D eigenvalue weighted by atomic mass is 32.2. The lowest BCUT2D eigenvalue weighted by Gasteiger charge is -2.18. The van der Waals surface area contributed by atoms with Crippen LogP contribution in [0.15, 0.2) is 53.4 Å². The van der Waals surface area contributed by atoms with E-state index in [1.807, 2.05) is 6.07 Å². The highest BCUT2D eigenvalue weighted by Gasteiger charge is 2.36. The molecule has 0 radical (unpaired) electrons. The molecule has 5 nitrogen and oxygen atoms in total. The lowest BCUT2D eigenvalue weighted by Crippen LogP contribution is -2.23. The first kappa shape index (κ1) is 19.1. The molecule has 0 spiro atoms. The van der Waals surface area contributed by atoms with E-state index in [0.717, 1.165) is 12.1 Å². The van der Waals surface area contributed by atoms with Gasteiger partial charge in [0.05, 0.1) is 17.0 Å². The van der Waals surface area contributed by atoms with Gasteiger partial charge in [-0.3, -0.25) is 0 Å². The number of primary sulfonamides is 1. The van der Waals surface area contributed by atoms with Gasteiger partial charge in [0.15, 0.2) is 0 Å². The maximum atomic E-state index is 13.1. The molecule has 0 amide bonds. The van der Waals surface area contributed by atoms with Crippen LogP contribution in [0.5, 0.6) is 5.75 Å². The zero-order chi connectivity index (χ0) is 18.7. The summed E-state index contributed by atoms with van der Waals surface area (Å²) < 4.78 is 67.5. The number of hydrogen-bond donors (Lipinski definition) is 2. The summed E-state index contributed by atoms with van der Waals surface area (Å²) in [6.07, 6.45) is -5.17. The predicted molar refractivity (Wildman–Crippen MR) is 87.8 cm³/mol. The molecule has 0 heterocycles. The summed E-state index contributed by atoms with van der Waals surface area (Å²) in [6.45, 7) is 1.98. The maximum Gasteiger partial charge on any atom is 0.417 e. The normalized spacial score (nSPS) is 13.3. The van der Waals surface area contributed by atoms with E-state index >= 15 is 0 Å². The van der Waals surface area contributed by atoms with E-state index in [1.54, 1.807) is 31.2 Å². The zero-order valence-corrected chi connectivity index (χ0v) is 14.1. The van der Waals surface area contributed by atoms with Gasteiger partial charge in [0.2, 0.25) is 10.0 Å². The van der Waals surface area contributed by atoms with Crippen molar-refractivity contribution in [1.29, 1.82) is 0 Å². The van der Waals surface area contributed by atoms with Crippen molar-refractivity contribution < 1.29 is 26.3 Å². The van der Waals surface area contributed by atoms with Crippen LogP contribution in [0.2, 0.25) is 0 Å². The van der Waals surface area contributed by atoms with Crippen molar-refractivity contribution in [3.8, 4) is 5.75 Å². The summed E-state index contributed by atoms with van der Waals surface area (Å²) in [5.74, 6) is 0.636. The van der Waals surface area contributed by atoms with Gasteiger partial charge in [-0.15, -0.1) is 0 Å². The Morgan fingerprint density at radius 3 is 2.36 bits per heavy atom. The Morgan fingerprint density at radius 2 is 1.80 bits per heavy atom. The molecule has 0 aliphatic rings. The van der Waals surface area contributed by atoms with E-state index in [0.29, 0.717) is 5.75 Å². The van der Waals surface area contributed by atoms with Crippen LogP contribution in [0.4, 0.5) is 18.9 Å². The minimum atomic E-state index is -4.84. The third-order valence-corrected chi connectivity index (χ3v) is 4.23. The van der Waals surface area contributed by atoms with Gasteiger partial charge < -0.3 is 10.1 Å². The number of anilines is 1. The molecular weight excluding hydrogens is 357 g/mol. The molecule has 1 unspecified atom stereocenters. The van der Waals surface area contributed by atoms with Gasteiger partial charge >= 0.3 is 6.18 Å². The number of alkyl halides is 3. The average molecular weight is 374 g/mol. The average Bonchev–Trinajstić information content (AvgIpc) is 2.52. The molecule has 9 heteroatoms. The number of halogens is 3. The summed E-state index contributed by atoms with van der Waals surface area (Å²) in [6, 6.07) is 11.7. The number of benzene rings is 2. The van der Waals surface area contributed by atoms with E-state index < -0.39 is 26.7 Å². The lowest BCUT2D eigenvalue weighted by atomic mass is 10.2. The molecule has 0 saturated heterocycles. The minimum absolute atomic E-state index is 0.114. The van der Waals surface area contributed by atoms with Crippen molar-refractivity contribution in [3.63, 3.8) is 0 Å². The van der Waals surface area contributed by atoms with Gasteiger partial charge in [0, 0.05) is 5.69 Å². The van der Waals surface area contributed by atoms with Crippen molar-refractivity contribution in [3.05, 3.63) is 54.1 Å². The molecule has 0 fully saturated rings. The van der Waals surface area contributed by atoms with Crippen LogP contribution >= 0.6 is 0 Å². The summed E-state index contributed by atoms with van der Waals surface area (Å²) in [5, 5.41) is 7.64. The Bertz CT molecular complexity index is 824. The Labute approximate surface area is 143 Å². The van der Waals surface area contributed by atoms with Crippen molar-refractivity contribution in [2.24, 2.45) is 5.14 Å². The number of hydrogen-bond acceptors (Lipinski definition) is 4. The molecule has 3 N–H and O–H groups in total. The molecule has 25 heavy (non-hydrogen) atoms. The summed E-state index contributed by atoms with van der Waals surface area (Å²) >= 11 is 0. The molecule has 2 rings (SSSR count). The Hall–Kier alpha value is -2.26. The fraction of sp³-hybridized carbons (Fsp3) is 0.250. The molecular formula is C16H17F3N2O3S. The van der Waals surface area contributed by atoms with Gasteiger partial charge in [0.1, 0.15) is 11.9 Å². The highest BCUT2D eigenvalue weighted by molar-refractivity contribution is 7.89. The van der Waals surface area contributed by atoms with Crippen LogP contribution < -0.4 is 15.2 Å². The van der Waals surface area contributed by atoms with Gasteiger partial charge in [-0.05, 0) is 37.3 Å². The first-order chi connectivity index (χ1) is 11.6. The van der Waals surface area contributed by atoms with Gasteiger partial charge in [-0.1, -0.05) is 18.2 Å². The first-order valence-corrected chi connectivity index (χ1v) is 8.81. The molecule has 2 aromatic carbocycles. The van der Waals surface area contributed by atoms with Gasteiger partial charge in [-0.2, -0.15) is 13.2 Å². The molecule has 0 aliphatic carbocycles. The van der Waals surface area contributed by atoms with E-state index in [4.69, 9.17) is 9.88 Å². The third kappa shape index (κ3) is 5.36. The Kier molecular flexibility index (Phi) is 5.58. The van der Waals surface area contributed by atoms with Gasteiger partial charge in [-0.25, -0.2) is 13.6 Å². The highest BCUT2D eigenvalue weighted by Crippen LogP contribution is 2.35. The number of para-hydroxylation sites is 1. The minimum Gasteiger partial charge on any atom is -0.489 e. The maximum absolute atomic E-state index is 13.1. The Balaban J connectivity index is 2.12. The van der Waals surface area contributed by atoms with E-state index in [2.05, 4.69) is 5.32 Å². The summed E-state index contributed by atoms with van der Waals surface area (Å²) in [5.41, 5.74) is -1.19. The predicted octanol–water partition coefficient (Wildman–Crippen LogP) is 3.23. The third-order valence-electron chi connectivity index (χ3n) is 3.27. The first-order valence-electron chi connectivity index (χ1n) is 7.27. The second-order valence-electron chi connectivity index (χ2n) is 5.38. The number of rotatable bonds is 6. The summed E-state index contributed by atoms with van der Waals surface area (Å²) in [7, 11) is -4.48. The lowest BCUT2D eigenvalue weighted by molar-refractivity contribution is -0.139. The van der Waals surface area contributed by atoms with Crippen molar-refractivity contribution in [1.82, 2.24) is 0 Å². The fourth-order valence-electron chi connectivity index (χ4n) is 2.14. The fourth-order valence-corrected chi connectivity index (χ4v) is 2.88. The van der Waals surface area contributed by atoms with Crippen LogP contribution in [0.1, 0.15) is 12.5 Å². The number of nitrogens with two attached hydrogens (primary N) is 1. The molecule has 2 aromatic rings. The molecule has 0 aromatic heterocycles. The summed E-state index contributed by atoms with van der Waals surface area (Å²) in [4.78, 5) is -0.959. The quantitative estimate of drug-likeness (QED) is 0.813. The molecule has 0 bridgehead atoms. The zero-order valence-electron chi connectivity index (χ0n) is 13.2. The van der Waals surface area contributed by atoms with Crippen LogP contribution in [0.25, 0.3) is 0 Å². The largest absolute Gasteiger partial charge is 0.489 e. The van der Waals surface area contributed by atoms with Crippen LogP contribution in [0, 0.1) is 0 Å². The van der Waals surface area contributed by atoms with Gasteiger partial charge in [0.25, 0.3) is 0 Å². The van der Waals surface area contributed by atoms with Crippen LogP contribution in [-0.4, -0.2) is 21.1 Å². The standard InChI is InChI=1S/C16H17F3N2O3S/c1-11(24-13-5-3-2-4-6-13)10-21-12-7-8-15(25(20,22)23)14(9-12)16(17,18)19/h2-9,11,21H,10H2,1H3,(H2,20,22,23). The Morgan fingerprint density at radius 1 is 1.16 bits per heavy atom. The number of ether oxygens (including phenoxy) is 1. The van der Waals surface area contributed by atoms with Crippen molar-refractivity contribution >= 4 is 15.7 Å². The van der Waals surface area contributed by atoms with E-state index in [1.165, 1.54) is 6.07 Å². The second kappa shape index (κ2) is 7.32. The van der Waals surface area contributed by atoms with E-state index in [9.17, 15) is 21.6 Å². The van der Waals surface area contributed by atoms with Crippen LogP contribution in [-0.2, 0) is 16.2 Å².